The molecule has 0 aliphatic rings. The number of halogens is 2. The Hall–Kier alpha value is -1.13. The average molecular weight is 232 g/mol. The number of hydrogen-bond donors (Lipinski definition) is 1. The highest BCUT2D eigenvalue weighted by Crippen LogP contribution is 2.22. The van der Waals surface area contributed by atoms with Crippen molar-refractivity contribution in [2.45, 2.75) is 13.0 Å². The van der Waals surface area contributed by atoms with Crippen molar-refractivity contribution in [2.75, 3.05) is 6.61 Å². The highest BCUT2D eigenvalue weighted by atomic mass is 35.5. The molecule has 0 aromatic heterocycles. The molecule has 0 bridgehead atoms. The van der Waals surface area contributed by atoms with Gasteiger partial charge in [-0.05, 0) is 13.0 Å². The van der Waals surface area contributed by atoms with Gasteiger partial charge in [0.1, 0.15) is 11.9 Å². The van der Waals surface area contributed by atoms with E-state index in [0.29, 0.717) is 0 Å². The quantitative estimate of drug-likeness (QED) is 0.810. The minimum Gasteiger partial charge on any atom is -0.465 e. The number of rotatable bonds is 3. The van der Waals surface area contributed by atoms with E-state index in [1.807, 2.05) is 0 Å². The van der Waals surface area contributed by atoms with Crippen molar-refractivity contribution >= 4 is 17.6 Å². The molecule has 0 fully saturated rings. The Kier molecular flexibility index (Phi) is 4.05. The van der Waals surface area contributed by atoms with Gasteiger partial charge in [0.25, 0.3) is 0 Å². The van der Waals surface area contributed by atoms with E-state index in [4.69, 9.17) is 17.3 Å². The normalized spacial score (nSPS) is 12.3. The summed E-state index contributed by atoms with van der Waals surface area (Å²) in [4.78, 5) is 11.3. The molecule has 82 valence electrons. The Labute approximate surface area is 92.0 Å². The number of esters is 1. The van der Waals surface area contributed by atoms with Crippen LogP contribution in [0.3, 0.4) is 0 Å². The number of benzene rings is 1. The molecule has 1 atom stereocenters. The molecular weight excluding hydrogens is 221 g/mol. The summed E-state index contributed by atoms with van der Waals surface area (Å²) in [5, 5.41) is -0.0627. The van der Waals surface area contributed by atoms with Crippen molar-refractivity contribution in [1.29, 1.82) is 0 Å². The van der Waals surface area contributed by atoms with Crippen LogP contribution in [0.4, 0.5) is 4.39 Å². The van der Waals surface area contributed by atoms with Crippen LogP contribution in [-0.2, 0) is 9.53 Å². The maximum Gasteiger partial charge on any atom is 0.327 e. The van der Waals surface area contributed by atoms with Gasteiger partial charge in [0.05, 0.1) is 11.6 Å². The highest BCUT2D eigenvalue weighted by molar-refractivity contribution is 6.30. The molecule has 0 spiro atoms. The molecule has 1 aromatic carbocycles. The number of hydrogen-bond acceptors (Lipinski definition) is 3. The van der Waals surface area contributed by atoms with Crippen LogP contribution >= 0.6 is 11.6 Å². The fraction of sp³-hybridized carbons (Fsp3) is 0.300. The summed E-state index contributed by atoms with van der Waals surface area (Å²) in [6.07, 6.45) is 0. The van der Waals surface area contributed by atoms with Gasteiger partial charge in [0.15, 0.2) is 0 Å². The van der Waals surface area contributed by atoms with Crippen LogP contribution in [-0.4, -0.2) is 12.6 Å². The lowest BCUT2D eigenvalue weighted by molar-refractivity contribution is -0.144. The molecule has 0 saturated heterocycles. The lowest BCUT2D eigenvalue weighted by atomic mass is 10.1. The van der Waals surface area contributed by atoms with Crippen molar-refractivity contribution in [3.8, 4) is 0 Å². The van der Waals surface area contributed by atoms with Crippen molar-refractivity contribution in [1.82, 2.24) is 0 Å². The van der Waals surface area contributed by atoms with Crippen molar-refractivity contribution in [3.63, 3.8) is 0 Å². The number of nitrogens with two attached hydrogens (primary N) is 1. The second-order valence-electron chi connectivity index (χ2n) is 2.87. The van der Waals surface area contributed by atoms with Gasteiger partial charge in [-0.15, -0.1) is 0 Å². The zero-order valence-corrected chi connectivity index (χ0v) is 8.92. The zero-order chi connectivity index (χ0) is 11.4. The molecule has 0 amide bonds. The van der Waals surface area contributed by atoms with Crippen molar-refractivity contribution in [3.05, 3.63) is 34.6 Å². The summed E-state index contributed by atoms with van der Waals surface area (Å²) in [6, 6.07) is 3.18. The van der Waals surface area contributed by atoms with E-state index in [-0.39, 0.29) is 17.2 Å². The Bertz CT molecular complexity index is 370. The largest absolute Gasteiger partial charge is 0.465 e. The Morgan fingerprint density at radius 2 is 2.33 bits per heavy atom. The molecular formula is C10H11ClFNO2. The molecule has 0 heterocycles. The summed E-state index contributed by atoms with van der Waals surface area (Å²) in [5.41, 5.74) is 5.56. The molecule has 2 N–H and O–H groups in total. The minimum atomic E-state index is -1.14. The lowest BCUT2D eigenvalue weighted by Crippen LogP contribution is -2.24. The molecule has 0 radical (unpaired) electrons. The van der Waals surface area contributed by atoms with Gasteiger partial charge in [0, 0.05) is 5.56 Å². The third-order valence-electron chi connectivity index (χ3n) is 1.86. The monoisotopic (exact) mass is 231 g/mol. The molecule has 1 rings (SSSR count). The predicted molar refractivity (Wildman–Crippen MR) is 55.0 cm³/mol. The van der Waals surface area contributed by atoms with Crippen molar-refractivity contribution in [2.24, 2.45) is 5.73 Å². The fourth-order valence-electron chi connectivity index (χ4n) is 1.12. The smallest absolute Gasteiger partial charge is 0.327 e. The van der Waals surface area contributed by atoms with Gasteiger partial charge in [-0.3, -0.25) is 0 Å². The topological polar surface area (TPSA) is 52.3 Å². The van der Waals surface area contributed by atoms with Gasteiger partial charge in [0.2, 0.25) is 0 Å². The minimum absolute atomic E-state index is 0.0425. The summed E-state index contributed by atoms with van der Waals surface area (Å²) >= 11 is 5.56. The average Bonchev–Trinajstić information content (AvgIpc) is 2.21. The molecule has 0 saturated carbocycles. The maximum absolute atomic E-state index is 13.4. The Morgan fingerprint density at radius 3 is 2.93 bits per heavy atom. The van der Waals surface area contributed by atoms with Crippen LogP contribution in [0.5, 0.6) is 0 Å². The van der Waals surface area contributed by atoms with E-state index in [0.717, 1.165) is 0 Å². The van der Waals surface area contributed by atoms with Gasteiger partial charge in [-0.25, -0.2) is 9.18 Å². The number of carbonyl (C=O) groups excluding carboxylic acids is 1. The van der Waals surface area contributed by atoms with Gasteiger partial charge >= 0.3 is 5.97 Å². The summed E-state index contributed by atoms with van der Waals surface area (Å²) in [5.74, 6) is -1.35. The van der Waals surface area contributed by atoms with E-state index in [1.165, 1.54) is 18.2 Å². The van der Waals surface area contributed by atoms with Crippen LogP contribution in [0, 0.1) is 5.82 Å². The molecule has 5 heteroatoms. The van der Waals surface area contributed by atoms with Gasteiger partial charge in [-0.2, -0.15) is 0 Å². The number of ether oxygens (including phenoxy) is 1. The SMILES string of the molecule is CCOC(=O)C(N)c1cccc(Cl)c1F. The van der Waals surface area contributed by atoms with Crippen LogP contribution in [0.25, 0.3) is 0 Å². The Balaban J connectivity index is 2.96. The van der Waals surface area contributed by atoms with Gasteiger partial charge in [-0.1, -0.05) is 23.7 Å². The second kappa shape index (κ2) is 5.09. The summed E-state index contributed by atoms with van der Waals surface area (Å²) < 4.78 is 18.1. The molecule has 15 heavy (non-hydrogen) atoms. The number of carbonyl (C=O) groups is 1. The van der Waals surface area contributed by atoms with Crippen LogP contribution in [0.15, 0.2) is 18.2 Å². The first-order chi connectivity index (χ1) is 7.07. The molecule has 0 aliphatic heterocycles. The molecule has 1 aromatic rings. The highest BCUT2D eigenvalue weighted by Gasteiger charge is 2.21. The predicted octanol–water partition coefficient (Wildman–Crippen LogP) is 2.04. The summed E-state index contributed by atoms with van der Waals surface area (Å²) in [6.45, 7) is 1.85. The van der Waals surface area contributed by atoms with Crippen LogP contribution < -0.4 is 5.73 Å². The summed E-state index contributed by atoms with van der Waals surface area (Å²) in [7, 11) is 0. The van der Waals surface area contributed by atoms with E-state index in [9.17, 15) is 9.18 Å². The van der Waals surface area contributed by atoms with Crippen LogP contribution in [0.2, 0.25) is 5.02 Å². The van der Waals surface area contributed by atoms with E-state index < -0.39 is 17.8 Å². The Morgan fingerprint density at radius 1 is 1.67 bits per heavy atom. The standard InChI is InChI=1S/C10H11ClFNO2/c1-2-15-10(14)9(13)6-4-3-5-7(11)8(6)12/h3-5,9H,2,13H2,1H3. The van der Waals surface area contributed by atoms with Crippen LogP contribution in [0.1, 0.15) is 18.5 Å². The molecule has 1 unspecified atom stereocenters. The molecule has 0 aliphatic carbocycles. The second-order valence-corrected chi connectivity index (χ2v) is 3.28. The van der Waals surface area contributed by atoms with E-state index in [1.54, 1.807) is 6.92 Å². The third-order valence-corrected chi connectivity index (χ3v) is 2.15. The first-order valence-electron chi connectivity index (χ1n) is 4.44. The van der Waals surface area contributed by atoms with Gasteiger partial charge < -0.3 is 10.5 Å². The first kappa shape index (κ1) is 11.9. The fourth-order valence-corrected chi connectivity index (χ4v) is 1.30. The zero-order valence-electron chi connectivity index (χ0n) is 8.17. The molecule has 3 nitrogen and oxygen atoms in total. The van der Waals surface area contributed by atoms with Crippen molar-refractivity contribution < 1.29 is 13.9 Å². The van der Waals surface area contributed by atoms with E-state index in [2.05, 4.69) is 4.74 Å². The van der Waals surface area contributed by atoms with E-state index >= 15 is 0 Å². The lowest BCUT2D eigenvalue weighted by Gasteiger charge is -2.11. The maximum atomic E-state index is 13.4. The first-order valence-corrected chi connectivity index (χ1v) is 4.81. The third kappa shape index (κ3) is 2.67.